The third-order valence-electron chi connectivity index (χ3n) is 7.09. The molecule has 0 saturated carbocycles. The molecule has 1 aromatic heterocycles. The Kier molecular flexibility index (Phi) is 6.43. The Morgan fingerprint density at radius 3 is 2.74 bits per heavy atom. The van der Waals surface area contributed by atoms with Gasteiger partial charge in [0, 0.05) is 64.8 Å². The summed E-state index contributed by atoms with van der Waals surface area (Å²) in [6.45, 7) is 9.97. The number of aromatic nitrogens is 1. The number of nitrogens with zero attached hydrogens (tertiary/aromatic N) is 3. The van der Waals surface area contributed by atoms with Crippen LogP contribution in [0.1, 0.15) is 31.2 Å². The number of hydrogen-bond acceptors (Lipinski definition) is 5. The maximum Gasteiger partial charge on any atom is 0.0508 e. The number of rotatable bonds is 6. The van der Waals surface area contributed by atoms with E-state index in [4.69, 9.17) is 9.47 Å². The van der Waals surface area contributed by atoms with E-state index in [1.807, 2.05) is 25.6 Å². The molecule has 0 unspecified atom stereocenters. The predicted octanol–water partition coefficient (Wildman–Crippen LogP) is 2.67. The first-order chi connectivity index (χ1) is 13.3. The number of piperidine rings is 1. The summed E-state index contributed by atoms with van der Waals surface area (Å²) in [7, 11) is 1.87. The quantitative estimate of drug-likeness (QED) is 0.766. The minimum atomic E-state index is 0.451. The van der Waals surface area contributed by atoms with Crippen LogP contribution in [0.3, 0.4) is 0 Å². The van der Waals surface area contributed by atoms with E-state index in [9.17, 15) is 0 Å². The van der Waals surface area contributed by atoms with E-state index in [0.29, 0.717) is 11.3 Å². The van der Waals surface area contributed by atoms with Crippen molar-refractivity contribution in [3.63, 3.8) is 0 Å². The van der Waals surface area contributed by atoms with Crippen molar-refractivity contribution in [1.82, 2.24) is 14.8 Å². The van der Waals surface area contributed by atoms with Crippen molar-refractivity contribution in [1.29, 1.82) is 0 Å². The molecule has 0 aliphatic carbocycles. The molecule has 0 N–H and O–H groups in total. The third-order valence-corrected chi connectivity index (χ3v) is 7.09. The maximum atomic E-state index is 5.65. The zero-order chi connectivity index (χ0) is 18.5. The van der Waals surface area contributed by atoms with Crippen LogP contribution >= 0.6 is 0 Å². The average molecular weight is 374 g/mol. The van der Waals surface area contributed by atoms with E-state index < -0.39 is 0 Å². The van der Waals surface area contributed by atoms with Crippen LogP contribution in [0.2, 0.25) is 0 Å². The number of likely N-dealkylation sites (tertiary alicyclic amines) is 2. The van der Waals surface area contributed by atoms with Gasteiger partial charge in [0.05, 0.1) is 6.61 Å². The average Bonchev–Trinajstić information content (AvgIpc) is 3.02. The zero-order valence-corrected chi connectivity index (χ0v) is 16.8. The van der Waals surface area contributed by atoms with Crippen LogP contribution in [-0.2, 0) is 16.0 Å². The molecular weight excluding hydrogens is 338 g/mol. The van der Waals surface area contributed by atoms with E-state index in [0.717, 1.165) is 32.3 Å². The second-order valence-corrected chi connectivity index (χ2v) is 8.90. The third kappa shape index (κ3) is 4.70. The fourth-order valence-corrected chi connectivity index (χ4v) is 5.48. The first-order valence-electron chi connectivity index (χ1n) is 10.7. The van der Waals surface area contributed by atoms with E-state index >= 15 is 0 Å². The van der Waals surface area contributed by atoms with Gasteiger partial charge in [-0.1, -0.05) is 6.07 Å². The van der Waals surface area contributed by atoms with Gasteiger partial charge < -0.3 is 14.4 Å². The van der Waals surface area contributed by atoms with Gasteiger partial charge >= 0.3 is 0 Å². The Labute approximate surface area is 164 Å². The van der Waals surface area contributed by atoms with Gasteiger partial charge in [0.2, 0.25) is 0 Å². The lowest BCUT2D eigenvalue weighted by atomic mass is 9.71. The lowest BCUT2D eigenvalue weighted by Crippen LogP contribution is -2.45. The molecule has 0 amide bonds. The van der Waals surface area contributed by atoms with Gasteiger partial charge in [-0.15, -0.1) is 0 Å². The van der Waals surface area contributed by atoms with Gasteiger partial charge in [-0.05, 0) is 61.7 Å². The normalized spacial score (nSPS) is 27.4. The number of methoxy groups -OCH3 is 1. The van der Waals surface area contributed by atoms with Crippen LogP contribution in [-0.4, -0.2) is 74.4 Å². The molecule has 3 fully saturated rings. The molecule has 1 spiro atoms. The lowest BCUT2D eigenvalue weighted by Gasteiger charge is -2.42. The van der Waals surface area contributed by atoms with Crippen LogP contribution in [0.5, 0.6) is 0 Å². The molecule has 0 bridgehead atoms. The first kappa shape index (κ1) is 19.3. The summed E-state index contributed by atoms with van der Waals surface area (Å²) in [5.74, 6) is 1.51. The Balaban J connectivity index is 1.34. The predicted molar refractivity (Wildman–Crippen MR) is 107 cm³/mol. The van der Waals surface area contributed by atoms with E-state index in [1.54, 1.807) is 0 Å². The fraction of sp³-hybridized carbons (Fsp3) is 0.773. The molecule has 5 nitrogen and oxygen atoms in total. The SMILES string of the molecule is COC[C@H]1CN(CC2CCOCC2)CC12CCN(Cc1cccnc1)CC2. The summed E-state index contributed by atoms with van der Waals surface area (Å²) >= 11 is 0. The van der Waals surface area contributed by atoms with Crippen LogP contribution in [0.15, 0.2) is 24.5 Å². The highest BCUT2D eigenvalue weighted by Crippen LogP contribution is 2.45. The van der Waals surface area contributed by atoms with Gasteiger partial charge in [0.15, 0.2) is 0 Å². The van der Waals surface area contributed by atoms with Crippen molar-refractivity contribution < 1.29 is 9.47 Å². The van der Waals surface area contributed by atoms with Crippen LogP contribution < -0.4 is 0 Å². The van der Waals surface area contributed by atoms with Crippen molar-refractivity contribution in [2.45, 2.75) is 32.2 Å². The summed E-state index contributed by atoms with van der Waals surface area (Å²) in [4.78, 5) is 9.62. The lowest BCUT2D eigenvalue weighted by molar-refractivity contribution is 0.0335. The van der Waals surface area contributed by atoms with Crippen molar-refractivity contribution in [3.05, 3.63) is 30.1 Å². The van der Waals surface area contributed by atoms with Crippen LogP contribution in [0.4, 0.5) is 0 Å². The molecule has 1 aromatic rings. The monoisotopic (exact) mass is 373 g/mol. The molecule has 150 valence electrons. The Morgan fingerprint density at radius 1 is 1.22 bits per heavy atom. The highest BCUT2D eigenvalue weighted by atomic mass is 16.5. The molecule has 0 aromatic carbocycles. The van der Waals surface area contributed by atoms with Gasteiger partial charge in [0.25, 0.3) is 0 Å². The molecule has 3 aliphatic rings. The molecule has 4 heterocycles. The minimum Gasteiger partial charge on any atom is -0.384 e. The summed E-state index contributed by atoms with van der Waals surface area (Å²) in [6, 6.07) is 4.23. The Morgan fingerprint density at radius 2 is 2.04 bits per heavy atom. The highest BCUT2D eigenvalue weighted by molar-refractivity contribution is 5.09. The van der Waals surface area contributed by atoms with Crippen molar-refractivity contribution >= 4 is 0 Å². The van der Waals surface area contributed by atoms with Gasteiger partial charge in [-0.25, -0.2) is 0 Å². The summed E-state index contributed by atoms with van der Waals surface area (Å²) in [6.07, 6.45) is 8.92. The molecule has 0 radical (unpaired) electrons. The highest BCUT2D eigenvalue weighted by Gasteiger charge is 2.47. The van der Waals surface area contributed by atoms with Gasteiger partial charge in [0.1, 0.15) is 0 Å². The molecule has 5 heteroatoms. The van der Waals surface area contributed by atoms with E-state index in [1.165, 1.54) is 64.0 Å². The zero-order valence-electron chi connectivity index (χ0n) is 16.8. The standard InChI is InChI=1S/C22H35N3O2/c1-26-17-21-16-25(14-19-4-11-27-12-5-19)18-22(21)6-9-24(10-7-22)15-20-3-2-8-23-13-20/h2-3,8,13,19,21H,4-7,9-12,14-18H2,1H3/t21-/m1/s1. The minimum absolute atomic E-state index is 0.451. The number of hydrogen-bond donors (Lipinski definition) is 0. The summed E-state index contributed by atoms with van der Waals surface area (Å²) in [5.41, 5.74) is 1.78. The maximum absolute atomic E-state index is 5.65. The summed E-state index contributed by atoms with van der Waals surface area (Å²) in [5, 5.41) is 0. The molecule has 3 saturated heterocycles. The first-order valence-corrected chi connectivity index (χ1v) is 10.7. The second kappa shape index (κ2) is 8.99. The molecule has 4 rings (SSSR count). The van der Waals surface area contributed by atoms with E-state index in [-0.39, 0.29) is 0 Å². The van der Waals surface area contributed by atoms with Crippen molar-refractivity contribution in [3.8, 4) is 0 Å². The van der Waals surface area contributed by atoms with Crippen molar-refractivity contribution in [2.24, 2.45) is 17.3 Å². The van der Waals surface area contributed by atoms with Crippen molar-refractivity contribution in [2.75, 3.05) is 59.7 Å². The Hall–Kier alpha value is -1.01. The molecule has 27 heavy (non-hydrogen) atoms. The smallest absolute Gasteiger partial charge is 0.0508 e. The number of ether oxygens (including phenoxy) is 2. The fourth-order valence-electron chi connectivity index (χ4n) is 5.48. The van der Waals surface area contributed by atoms with Crippen LogP contribution in [0, 0.1) is 17.3 Å². The molecular formula is C22H35N3O2. The van der Waals surface area contributed by atoms with E-state index in [2.05, 4.69) is 20.9 Å². The second-order valence-electron chi connectivity index (χ2n) is 8.90. The van der Waals surface area contributed by atoms with Gasteiger partial charge in [-0.2, -0.15) is 0 Å². The largest absolute Gasteiger partial charge is 0.384 e. The van der Waals surface area contributed by atoms with Gasteiger partial charge in [-0.3, -0.25) is 9.88 Å². The summed E-state index contributed by atoms with van der Waals surface area (Å²) < 4.78 is 11.2. The molecule has 1 atom stereocenters. The molecule has 3 aliphatic heterocycles. The number of pyridine rings is 1. The topological polar surface area (TPSA) is 37.8 Å². The van der Waals surface area contributed by atoms with Crippen LogP contribution in [0.25, 0.3) is 0 Å². The Bertz CT molecular complexity index is 568.